The first-order valence-corrected chi connectivity index (χ1v) is 8.04. The topological polar surface area (TPSA) is 66.7 Å². The number of rotatable bonds is 3. The summed E-state index contributed by atoms with van der Waals surface area (Å²) in [7, 11) is 0. The van der Waals surface area contributed by atoms with Gasteiger partial charge in [-0.1, -0.05) is 30.0 Å². The minimum Gasteiger partial charge on any atom is -0.303 e. The van der Waals surface area contributed by atoms with Gasteiger partial charge in [0.1, 0.15) is 0 Å². The Hall–Kier alpha value is -1.99. The number of hydrogen-bond donors (Lipinski definition) is 1. The van der Waals surface area contributed by atoms with Crippen LogP contribution in [0.25, 0.3) is 10.4 Å². The molecule has 21 heavy (non-hydrogen) atoms. The van der Waals surface area contributed by atoms with Gasteiger partial charge >= 0.3 is 0 Å². The summed E-state index contributed by atoms with van der Waals surface area (Å²) in [6.07, 6.45) is 1.68. The first-order chi connectivity index (χ1) is 10.2. The lowest BCUT2D eigenvalue weighted by molar-refractivity contribution is -0.116. The largest absolute Gasteiger partial charge is 0.303 e. The monoisotopic (exact) mass is 316 g/mol. The molecule has 7 heteroatoms. The molecular formula is C14H12N4OS2. The summed E-state index contributed by atoms with van der Waals surface area (Å²) in [6, 6.07) is 10.1. The predicted molar refractivity (Wildman–Crippen MR) is 87.9 cm³/mol. The SMILES string of the molecule is Cc1cc(-c2cccc(C=NN=C3NC(=O)CS3)c2)sn1. The maximum absolute atomic E-state index is 11.0. The fourth-order valence-corrected chi connectivity index (χ4v) is 3.18. The fourth-order valence-electron chi connectivity index (χ4n) is 1.80. The summed E-state index contributed by atoms with van der Waals surface area (Å²) >= 11 is 2.84. The van der Waals surface area contributed by atoms with Crippen molar-refractivity contribution in [2.24, 2.45) is 10.2 Å². The predicted octanol–water partition coefficient (Wildman–Crippen LogP) is 2.67. The second kappa shape index (κ2) is 6.19. The third-order valence-electron chi connectivity index (χ3n) is 2.74. The number of hydrogen-bond acceptors (Lipinski definition) is 6. The van der Waals surface area contributed by atoms with Crippen molar-refractivity contribution in [1.29, 1.82) is 0 Å². The van der Waals surface area contributed by atoms with Gasteiger partial charge in [0.25, 0.3) is 0 Å². The number of amidine groups is 1. The molecular weight excluding hydrogens is 304 g/mol. The molecule has 0 unspecified atom stereocenters. The Morgan fingerprint density at radius 2 is 2.29 bits per heavy atom. The molecule has 0 bridgehead atoms. The van der Waals surface area contributed by atoms with Crippen LogP contribution in [-0.4, -0.2) is 27.4 Å². The number of carbonyl (C=O) groups excluding carboxylic acids is 1. The van der Waals surface area contributed by atoms with Gasteiger partial charge in [-0.05, 0) is 41.7 Å². The van der Waals surface area contributed by atoms with E-state index >= 15 is 0 Å². The van der Waals surface area contributed by atoms with Gasteiger partial charge in [-0.3, -0.25) is 4.79 Å². The Morgan fingerprint density at radius 1 is 1.38 bits per heavy atom. The number of nitrogens with zero attached hydrogens (tertiary/aromatic N) is 3. The van der Waals surface area contributed by atoms with Crippen LogP contribution in [0.4, 0.5) is 0 Å². The highest BCUT2D eigenvalue weighted by Crippen LogP contribution is 2.24. The molecule has 106 valence electrons. The number of aromatic nitrogens is 1. The molecule has 1 amide bonds. The highest BCUT2D eigenvalue weighted by molar-refractivity contribution is 8.15. The first-order valence-electron chi connectivity index (χ1n) is 6.28. The number of carbonyl (C=O) groups is 1. The van der Waals surface area contributed by atoms with Crippen LogP contribution in [0.15, 0.2) is 40.5 Å². The van der Waals surface area contributed by atoms with E-state index in [9.17, 15) is 4.79 Å². The van der Waals surface area contributed by atoms with Gasteiger partial charge in [0.05, 0.1) is 22.5 Å². The summed E-state index contributed by atoms with van der Waals surface area (Å²) in [4.78, 5) is 12.2. The summed E-state index contributed by atoms with van der Waals surface area (Å²) < 4.78 is 4.29. The van der Waals surface area contributed by atoms with E-state index in [1.807, 2.05) is 31.2 Å². The maximum atomic E-state index is 11.0. The van der Waals surface area contributed by atoms with Crippen LogP contribution in [0.5, 0.6) is 0 Å². The molecule has 1 aliphatic heterocycles. The van der Waals surface area contributed by atoms with E-state index in [2.05, 4.69) is 26.0 Å². The van der Waals surface area contributed by atoms with E-state index in [1.54, 1.807) is 6.21 Å². The Balaban J connectivity index is 1.76. The smallest absolute Gasteiger partial charge is 0.236 e. The molecule has 1 fully saturated rings. The van der Waals surface area contributed by atoms with Gasteiger partial charge in [0, 0.05) is 0 Å². The molecule has 5 nitrogen and oxygen atoms in total. The molecule has 1 saturated heterocycles. The molecule has 0 spiro atoms. The van der Waals surface area contributed by atoms with Crippen molar-refractivity contribution in [3.63, 3.8) is 0 Å². The Morgan fingerprint density at radius 3 is 3.00 bits per heavy atom. The van der Waals surface area contributed by atoms with Gasteiger partial charge in [0.2, 0.25) is 5.91 Å². The summed E-state index contributed by atoms with van der Waals surface area (Å²) in [5.74, 6) is 0.380. The van der Waals surface area contributed by atoms with Gasteiger partial charge in [-0.25, -0.2) is 0 Å². The lowest BCUT2D eigenvalue weighted by atomic mass is 10.1. The average molecular weight is 316 g/mol. The Kier molecular flexibility index (Phi) is 4.12. The number of nitrogens with one attached hydrogen (secondary N) is 1. The third-order valence-corrected chi connectivity index (χ3v) is 4.53. The normalized spacial score (nSPS) is 16.8. The van der Waals surface area contributed by atoms with Crippen LogP contribution in [0.1, 0.15) is 11.3 Å². The zero-order valence-electron chi connectivity index (χ0n) is 11.2. The molecule has 1 N–H and O–H groups in total. The van der Waals surface area contributed by atoms with Crippen molar-refractivity contribution in [3.05, 3.63) is 41.6 Å². The lowest BCUT2D eigenvalue weighted by Crippen LogP contribution is -2.19. The number of aryl methyl sites for hydroxylation is 1. The second-order valence-electron chi connectivity index (χ2n) is 4.44. The zero-order chi connectivity index (χ0) is 14.7. The van der Waals surface area contributed by atoms with E-state index in [0.29, 0.717) is 10.9 Å². The minimum atomic E-state index is -0.0310. The van der Waals surface area contributed by atoms with Crippen LogP contribution in [-0.2, 0) is 4.79 Å². The highest BCUT2D eigenvalue weighted by Gasteiger charge is 2.15. The van der Waals surface area contributed by atoms with E-state index in [0.717, 1.165) is 21.7 Å². The molecule has 2 heterocycles. The molecule has 3 rings (SSSR count). The van der Waals surface area contributed by atoms with Gasteiger partial charge in [-0.15, -0.1) is 5.10 Å². The van der Waals surface area contributed by atoms with Crippen LogP contribution in [0.2, 0.25) is 0 Å². The maximum Gasteiger partial charge on any atom is 0.236 e. The van der Waals surface area contributed by atoms with Crippen molar-refractivity contribution < 1.29 is 4.79 Å². The molecule has 0 aliphatic carbocycles. The second-order valence-corrected chi connectivity index (χ2v) is 6.21. The van der Waals surface area contributed by atoms with Gasteiger partial charge in [0.15, 0.2) is 5.17 Å². The number of thioether (sulfide) groups is 1. The lowest BCUT2D eigenvalue weighted by Gasteiger charge is -1.98. The standard InChI is InChI=1S/C14H12N4OS2/c1-9-5-12(21-18-9)11-4-2-3-10(6-11)7-15-17-14-16-13(19)8-20-14/h2-7H,8H2,1H3,(H,16,17,19). The summed E-state index contributed by atoms with van der Waals surface area (Å²) in [5, 5.41) is 11.2. The molecule has 1 aromatic carbocycles. The van der Waals surface area contributed by atoms with Crippen LogP contribution in [0, 0.1) is 6.92 Å². The van der Waals surface area contributed by atoms with Crippen LogP contribution < -0.4 is 5.32 Å². The van der Waals surface area contributed by atoms with Crippen molar-refractivity contribution in [3.8, 4) is 10.4 Å². The van der Waals surface area contributed by atoms with E-state index in [-0.39, 0.29) is 5.91 Å². The molecule has 0 saturated carbocycles. The third kappa shape index (κ3) is 3.56. The average Bonchev–Trinajstić information content (AvgIpc) is 3.08. The first kappa shape index (κ1) is 14.0. The summed E-state index contributed by atoms with van der Waals surface area (Å²) in [6.45, 7) is 1.98. The number of amides is 1. The van der Waals surface area contributed by atoms with Gasteiger partial charge in [-0.2, -0.15) is 9.47 Å². The Bertz CT molecular complexity index is 736. The van der Waals surface area contributed by atoms with Crippen LogP contribution >= 0.6 is 23.3 Å². The molecule has 1 aliphatic rings. The van der Waals surface area contributed by atoms with Gasteiger partial charge < -0.3 is 5.32 Å². The van der Waals surface area contributed by atoms with Crippen molar-refractivity contribution in [1.82, 2.24) is 9.69 Å². The van der Waals surface area contributed by atoms with Crippen molar-refractivity contribution in [2.45, 2.75) is 6.92 Å². The van der Waals surface area contributed by atoms with E-state index in [1.165, 1.54) is 23.3 Å². The summed E-state index contributed by atoms with van der Waals surface area (Å²) in [5.41, 5.74) is 3.09. The van der Waals surface area contributed by atoms with Crippen molar-refractivity contribution >= 4 is 40.6 Å². The fraction of sp³-hybridized carbons (Fsp3) is 0.143. The van der Waals surface area contributed by atoms with E-state index < -0.39 is 0 Å². The zero-order valence-corrected chi connectivity index (χ0v) is 12.9. The quantitative estimate of drug-likeness (QED) is 0.699. The highest BCUT2D eigenvalue weighted by atomic mass is 32.2. The Labute approximate surface area is 130 Å². The molecule has 0 atom stereocenters. The van der Waals surface area contributed by atoms with E-state index in [4.69, 9.17) is 0 Å². The molecule has 2 aromatic rings. The molecule has 1 aromatic heterocycles. The minimum absolute atomic E-state index is 0.0310. The van der Waals surface area contributed by atoms with Crippen LogP contribution in [0.3, 0.4) is 0 Å². The molecule has 0 radical (unpaired) electrons. The van der Waals surface area contributed by atoms with Crippen molar-refractivity contribution in [2.75, 3.05) is 5.75 Å². The number of benzene rings is 1.